The fourth-order valence-electron chi connectivity index (χ4n) is 3.38. The van der Waals surface area contributed by atoms with Crippen molar-refractivity contribution in [3.8, 4) is 22.4 Å². The second-order valence-electron chi connectivity index (χ2n) is 7.32. The Hall–Kier alpha value is -2.66. The molecule has 0 aliphatic carbocycles. The summed E-state index contributed by atoms with van der Waals surface area (Å²) in [6.07, 6.45) is 7.89. The van der Waals surface area contributed by atoms with Crippen molar-refractivity contribution in [1.82, 2.24) is 9.97 Å². The van der Waals surface area contributed by atoms with Gasteiger partial charge in [-0.15, -0.1) is 0 Å². The predicted octanol–water partition coefficient (Wildman–Crippen LogP) is 6.81. The Bertz CT molecular complexity index is 933. The van der Waals surface area contributed by atoms with Gasteiger partial charge in [0.25, 0.3) is 0 Å². The molecule has 0 aliphatic heterocycles. The number of nitrogens with zero attached hydrogens (tertiary/aromatic N) is 2. The lowest BCUT2D eigenvalue weighted by Crippen LogP contribution is -2.03. The van der Waals surface area contributed by atoms with Gasteiger partial charge in [0.15, 0.2) is 5.16 Å². The van der Waals surface area contributed by atoms with E-state index in [0.29, 0.717) is 13.0 Å². The van der Waals surface area contributed by atoms with Crippen molar-refractivity contribution >= 4 is 17.7 Å². The van der Waals surface area contributed by atoms with Crippen LogP contribution in [0.3, 0.4) is 0 Å². The second kappa shape index (κ2) is 12.9. The summed E-state index contributed by atoms with van der Waals surface area (Å²) in [5.41, 5.74) is 4.26. The molecule has 1 heterocycles. The maximum Gasteiger partial charge on any atom is 0.305 e. The summed E-state index contributed by atoms with van der Waals surface area (Å²) in [5, 5.41) is 0.820. The lowest BCUT2D eigenvalue weighted by Gasteiger charge is -2.11. The van der Waals surface area contributed by atoms with Crippen LogP contribution in [0, 0.1) is 0 Å². The molecule has 0 saturated carbocycles. The molecule has 5 heteroatoms. The maximum absolute atomic E-state index is 11.3. The van der Waals surface area contributed by atoms with Crippen molar-refractivity contribution in [1.29, 1.82) is 0 Å². The average molecular weight is 435 g/mol. The van der Waals surface area contributed by atoms with Gasteiger partial charge in [-0.05, 0) is 25.3 Å². The van der Waals surface area contributed by atoms with Crippen LogP contribution < -0.4 is 0 Å². The van der Waals surface area contributed by atoms with E-state index in [-0.39, 0.29) is 5.97 Å². The van der Waals surface area contributed by atoms with E-state index in [1.165, 1.54) is 0 Å². The number of hydrogen-bond donors (Lipinski definition) is 0. The van der Waals surface area contributed by atoms with E-state index in [9.17, 15) is 4.79 Å². The molecule has 0 atom stereocenters. The molecule has 0 fully saturated rings. The van der Waals surface area contributed by atoms with Crippen LogP contribution in [0.25, 0.3) is 22.4 Å². The summed E-state index contributed by atoms with van der Waals surface area (Å²) in [5.74, 6) is 0.917. The van der Waals surface area contributed by atoms with Gasteiger partial charge in [-0.2, -0.15) is 0 Å². The van der Waals surface area contributed by atoms with Crippen molar-refractivity contribution in [2.24, 2.45) is 0 Å². The molecule has 0 saturated heterocycles. The first-order valence-corrected chi connectivity index (χ1v) is 12.0. The van der Waals surface area contributed by atoms with Crippen molar-refractivity contribution < 1.29 is 9.53 Å². The molecule has 0 radical (unpaired) electrons. The Morgan fingerprint density at radius 1 is 0.871 bits per heavy atom. The lowest BCUT2D eigenvalue weighted by molar-refractivity contribution is -0.143. The molecule has 1 aromatic heterocycles. The Morgan fingerprint density at radius 3 is 2.23 bits per heavy atom. The first-order valence-electron chi connectivity index (χ1n) is 11.0. The molecular formula is C26H30N2O2S. The third kappa shape index (κ3) is 7.51. The number of benzene rings is 2. The molecule has 0 bridgehead atoms. The predicted molar refractivity (Wildman–Crippen MR) is 128 cm³/mol. The highest BCUT2D eigenvalue weighted by Gasteiger charge is 2.11. The summed E-state index contributed by atoms with van der Waals surface area (Å²) < 4.78 is 4.96. The minimum absolute atomic E-state index is 0.0802. The van der Waals surface area contributed by atoms with Crippen LogP contribution >= 0.6 is 11.8 Å². The molecule has 0 unspecified atom stereocenters. The van der Waals surface area contributed by atoms with Crippen molar-refractivity contribution in [2.45, 2.75) is 50.6 Å². The minimum atomic E-state index is -0.0802. The molecular weight excluding hydrogens is 404 g/mol. The van der Waals surface area contributed by atoms with Crippen molar-refractivity contribution in [3.63, 3.8) is 0 Å². The number of aromatic nitrogens is 2. The van der Waals surface area contributed by atoms with Crippen LogP contribution in [0.1, 0.15) is 45.4 Å². The third-order valence-corrected chi connectivity index (χ3v) is 5.91. The number of hydrogen-bond acceptors (Lipinski definition) is 5. The second-order valence-corrected chi connectivity index (χ2v) is 8.38. The first kappa shape index (κ1) is 23.0. The average Bonchev–Trinajstić information content (AvgIpc) is 2.82. The fourth-order valence-corrected chi connectivity index (χ4v) is 4.19. The minimum Gasteiger partial charge on any atom is -0.466 e. The molecule has 3 aromatic rings. The topological polar surface area (TPSA) is 52.1 Å². The highest BCUT2D eigenvalue weighted by molar-refractivity contribution is 7.99. The standard InChI is InChI=1S/C26H30N2O2S/c1-2-30-24(29)18-12-4-3-5-13-19-31-26-27-20-23(21-14-8-6-9-15-21)25(28-26)22-16-10-7-11-17-22/h6-11,14-17,20H,2-5,12-13,18-19H2,1H3. The summed E-state index contributed by atoms with van der Waals surface area (Å²) >= 11 is 1.71. The highest BCUT2D eigenvalue weighted by Crippen LogP contribution is 2.31. The normalized spacial score (nSPS) is 10.7. The molecule has 4 nitrogen and oxygen atoms in total. The van der Waals surface area contributed by atoms with Gasteiger partial charge in [0.05, 0.1) is 12.3 Å². The number of esters is 1. The smallest absolute Gasteiger partial charge is 0.305 e. The number of unbranched alkanes of at least 4 members (excludes halogenated alkanes) is 4. The first-order chi connectivity index (χ1) is 15.3. The van der Waals surface area contributed by atoms with Crippen LogP contribution in [0.15, 0.2) is 72.0 Å². The fraction of sp³-hybridized carbons (Fsp3) is 0.346. The zero-order chi connectivity index (χ0) is 21.7. The van der Waals surface area contributed by atoms with Gasteiger partial charge in [-0.25, -0.2) is 9.97 Å². The van der Waals surface area contributed by atoms with Gasteiger partial charge in [0.1, 0.15) is 0 Å². The van der Waals surface area contributed by atoms with Crippen molar-refractivity contribution in [2.75, 3.05) is 12.4 Å². The van der Waals surface area contributed by atoms with Gasteiger partial charge in [0.2, 0.25) is 0 Å². The lowest BCUT2D eigenvalue weighted by atomic mass is 10.0. The molecule has 0 aliphatic rings. The van der Waals surface area contributed by atoms with Crippen LogP contribution in [0.5, 0.6) is 0 Å². The summed E-state index contributed by atoms with van der Waals surface area (Å²) in [7, 11) is 0. The van der Waals surface area contributed by atoms with Crippen LogP contribution in [0.2, 0.25) is 0 Å². The van der Waals surface area contributed by atoms with E-state index in [4.69, 9.17) is 9.72 Å². The number of rotatable bonds is 12. The number of ether oxygens (including phenoxy) is 1. The van der Waals surface area contributed by atoms with Gasteiger partial charge in [0, 0.05) is 29.5 Å². The Morgan fingerprint density at radius 2 is 1.52 bits per heavy atom. The summed E-state index contributed by atoms with van der Waals surface area (Å²) in [6.45, 7) is 2.31. The molecule has 0 amide bonds. The molecule has 0 spiro atoms. The van der Waals surface area contributed by atoms with Crippen LogP contribution in [-0.2, 0) is 9.53 Å². The van der Waals surface area contributed by atoms with Gasteiger partial charge >= 0.3 is 5.97 Å². The molecule has 3 rings (SSSR count). The third-order valence-electron chi connectivity index (χ3n) is 4.96. The quantitative estimate of drug-likeness (QED) is 0.136. The Labute approximate surface area is 189 Å². The summed E-state index contributed by atoms with van der Waals surface area (Å²) in [4.78, 5) is 20.9. The van der Waals surface area contributed by atoms with Gasteiger partial charge in [-0.3, -0.25) is 4.79 Å². The monoisotopic (exact) mass is 434 g/mol. The Balaban J connectivity index is 1.53. The maximum atomic E-state index is 11.3. The van der Waals surface area contributed by atoms with Crippen LogP contribution in [0.4, 0.5) is 0 Å². The van der Waals surface area contributed by atoms with E-state index in [2.05, 4.69) is 29.2 Å². The van der Waals surface area contributed by atoms with E-state index >= 15 is 0 Å². The van der Waals surface area contributed by atoms with Gasteiger partial charge in [-0.1, -0.05) is 91.7 Å². The molecule has 162 valence electrons. The van der Waals surface area contributed by atoms with E-state index < -0.39 is 0 Å². The molecule has 31 heavy (non-hydrogen) atoms. The largest absolute Gasteiger partial charge is 0.466 e. The SMILES string of the molecule is CCOC(=O)CCCCCCCSc1ncc(-c2ccccc2)c(-c2ccccc2)n1. The Kier molecular flexibility index (Phi) is 9.58. The summed E-state index contributed by atoms with van der Waals surface area (Å²) in [6, 6.07) is 20.6. The molecule has 2 aromatic carbocycles. The van der Waals surface area contributed by atoms with Gasteiger partial charge < -0.3 is 4.74 Å². The van der Waals surface area contributed by atoms with Crippen molar-refractivity contribution in [3.05, 3.63) is 66.9 Å². The number of carbonyl (C=O) groups is 1. The van der Waals surface area contributed by atoms with E-state index in [1.807, 2.05) is 49.5 Å². The zero-order valence-corrected chi connectivity index (χ0v) is 18.9. The van der Waals surface area contributed by atoms with Crippen LogP contribution in [-0.4, -0.2) is 28.3 Å². The van der Waals surface area contributed by atoms with E-state index in [1.54, 1.807) is 11.8 Å². The highest BCUT2D eigenvalue weighted by atomic mass is 32.2. The molecule has 0 N–H and O–H groups in total. The van der Waals surface area contributed by atoms with E-state index in [0.717, 1.165) is 65.4 Å². The number of thioether (sulfide) groups is 1. The number of carbonyl (C=O) groups excluding carboxylic acids is 1. The zero-order valence-electron chi connectivity index (χ0n) is 18.1.